The van der Waals surface area contributed by atoms with Gasteiger partial charge in [0.2, 0.25) is 0 Å². The van der Waals surface area contributed by atoms with Gasteiger partial charge in [-0.25, -0.2) is 0 Å². The van der Waals surface area contributed by atoms with E-state index in [1.165, 1.54) is 38.5 Å². The van der Waals surface area contributed by atoms with E-state index in [-0.39, 0.29) is 17.7 Å². The Morgan fingerprint density at radius 2 is 1.64 bits per heavy atom. The summed E-state index contributed by atoms with van der Waals surface area (Å²) in [5.74, 6) is 4.73. The van der Waals surface area contributed by atoms with E-state index in [9.17, 15) is 4.79 Å². The first-order valence-corrected chi connectivity index (χ1v) is 14.1. The number of esters is 1. The van der Waals surface area contributed by atoms with Gasteiger partial charge < -0.3 is 9.47 Å². The van der Waals surface area contributed by atoms with E-state index in [1.54, 1.807) is 6.92 Å². The summed E-state index contributed by atoms with van der Waals surface area (Å²) in [6.07, 6.45) is 15.5. The lowest BCUT2D eigenvalue weighted by molar-refractivity contribution is -0.157. The average molecular weight is 457 g/mol. The number of carbonyl (C=O) groups is 1. The summed E-state index contributed by atoms with van der Waals surface area (Å²) in [4.78, 5) is 11.6. The van der Waals surface area contributed by atoms with Crippen LogP contribution in [0.2, 0.25) is 0 Å². The Hall–Kier alpha value is -0.830. The maximum atomic E-state index is 11.6. The van der Waals surface area contributed by atoms with E-state index in [0.29, 0.717) is 46.5 Å². The zero-order chi connectivity index (χ0) is 23.8. The number of ether oxygens (including phenoxy) is 2. The second-order valence-corrected chi connectivity index (χ2v) is 13.6. The molecule has 186 valence electrons. The molecule has 5 rings (SSSR count). The fourth-order valence-electron chi connectivity index (χ4n) is 9.57. The lowest BCUT2D eigenvalue weighted by atomic mass is 9.44. The van der Waals surface area contributed by atoms with Gasteiger partial charge in [0.05, 0.1) is 6.10 Å². The maximum Gasteiger partial charge on any atom is 0.302 e. The molecule has 33 heavy (non-hydrogen) atoms. The van der Waals surface area contributed by atoms with Crippen LogP contribution in [-0.4, -0.2) is 23.8 Å². The molecule has 0 N–H and O–H groups in total. The highest BCUT2D eigenvalue weighted by Crippen LogP contribution is 2.76. The van der Waals surface area contributed by atoms with Crippen molar-refractivity contribution < 1.29 is 14.3 Å². The van der Waals surface area contributed by atoms with Crippen LogP contribution < -0.4 is 0 Å². The van der Waals surface area contributed by atoms with E-state index in [4.69, 9.17) is 9.47 Å². The molecule has 1 heterocycles. The molecule has 4 aliphatic carbocycles. The summed E-state index contributed by atoms with van der Waals surface area (Å²) in [7, 11) is 0. The Balaban J connectivity index is 1.34. The minimum Gasteiger partial charge on any atom is -0.463 e. The molecule has 1 spiro atoms. The summed E-state index contributed by atoms with van der Waals surface area (Å²) in [6.45, 7) is 16.2. The Kier molecular flexibility index (Phi) is 5.87. The van der Waals surface area contributed by atoms with E-state index in [2.05, 4.69) is 53.7 Å². The molecular formula is C30H48O3. The van der Waals surface area contributed by atoms with Gasteiger partial charge in [-0.1, -0.05) is 53.7 Å². The molecule has 5 aliphatic rings. The van der Waals surface area contributed by atoms with Crippen molar-refractivity contribution in [3.8, 4) is 0 Å². The smallest absolute Gasteiger partial charge is 0.302 e. The van der Waals surface area contributed by atoms with Crippen molar-refractivity contribution in [2.45, 2.75) is 118 Å². The van der Waals surface area contributed by atoms with Gasteiger partial charge in [0.15, 0.2) is 0 Å². The van der Waals surface area contributed by atoms with E-state index in [1.807, 2.05) is 0 Å². The van der Waals surface area contributed by atoms with Crippen molar-refractivity contribution in [3.05, 3.63) is 12.2 Å². The predicted octanol–water partition coefficient (Wildman–Crippen LogP) is 7.19. The van der Waals surface area contributed by atoms with Gasteiger partial charge in [-0.15, -0.1) is 0 Å². The van der Waals surface area contributed by atoms with E-state index in [0.717, 1.165) is 24.7 Å². The minimum absolute atomic E-state index is 0.118. The van der Waals surface area contributed by atoms with Crippen LogP contribution in [0, 0.1) is 52.3 Å². The van der Waals surface area contributed by atoms with Gasteiger partial charge >= 0.3 is 5.97 Å². The molecule has 0 aromatic carbocycles. The second kappa shape index (κ2) is 8.10. The number of hydrogen-bond donors (Lipinski definition) is 0. The van der Waals surface area contributed by atoms with Crippen LogP contribution >= 0.6 is 0 Å². The first kappa shape index (κ1) is 23.9. The van der Waals surface area contributed by atoms with Crippen LogP contribution in [0.3, 0.4) is 0 Å². The third-order valence-electron chi connectivity index (χ3n) is 11.8. The van der Waals surface area contributed by atoms with E-state index >= 15 is 0 Å². The summed E-state index contributed by atoms with van der Waals surface area (Å²) in [5, 5.41) is 0. The van der Waals surface area contributed by atoms with Gasteiger partial charge in [0.25, 0.3) is 0 Å². The van der Waals surface area contributed by atoms with Crippen molar-refractivity contribution in [1.29, 1.82) is 0 Å². The van der Waals surface area contributed by atoms with Crippen molar-refractivity contribution >= 4 is 5.97 Å². The largest absolute Gasteiger partial charge is 0.463 e. The summed E-state index contributed by atoms with van der Waals surface area (Å²) in [5.41, 5.74) is 0.908. The highest BCUT2D eigenvalue weighted by molar-refractivity contribution is 5.66. The van der Waals surface area contributed by atoms with Gasteiger partial charge in [-0.05, 0) is 104 Å². The van der Waals surface area contributed by atoms with Crippen LogP contribution in [0.5, 0.6) is 0 Å². The monoisotopic (exact) mass is 456 g/mol. The van der Waals surface area contributed by atoms with Crippen molar-refractivity contribution in [3.63, 3.8) is 0 Å². The maximum absolute atomic E-state index is 11.6. The molecule has 0 bridgehead atoms. The fraction of sp³-hybridized carbons (Fsp3) is 0.900. The lowest BCUT2D eigenvalue weighted by Gasteiger charge is -2.59. The number of epoxide rings is 1. The van der Waals surface area contributed by atoms with Gasteiger partial charge in [-0.3, -0.25) is 4.79 Å². The van der Waals surface area contributed by atoms with E-state index < -0.39 is 0 Å². The van der Waals surface area contributed by atoms with Gasteiger partial charge in [0, 0.05) is 6.92 Å². The molecule has 0 amide bonds. The normalized spacial score (nSPS) is 50.2. The fourth-order valence-corrected chi connectivity index (χ4v) is 9.57. The van der Waals surface area contributed by atoms with Crippen molar-refractivity contribution in [2.75, 3.05) is 0 Å². The third-order valence-corrected chi connectivity index (χ3v) is 11.8. The topological polar surface area (TPSA) is 38.8 Å². The molecule has 1 saturated heterocycles. The molecule has 3 nitrogen and oxygen atoms in total. The zero-order valence-electron chi connectivity index (χ0n) is 22.2. The van der Waals surface area contributed by atoms with Crippen molar-refractivity contribution in [1.82, 2.24) is 0 Å². The molecular weight excluding hydrogens is 408 g/mol. The molecule has 0 aromatic rings. The number of allylic oxidation sites excluding steroid dienone is 2. The van der Waals surface area contributed by atoms with Crippen LogP contribution in [-0.2, 0) is 14.3 Å². The summed E-state index contributed by atoms with van der Waals surface area (Å²) >= 11 is 0. The number of carbonyl (C=O) groups excluding carboxylic acids is 1. The van der Waals surface area contributed by atoms with Crippen molar-refractivity contribution in [2.24, 2.45) is 52.3 Å². The molecule has 1 aliphatic heterocycles. The molecule has 0 aromatic heterocycles. The number of hydrogen-bond acceptors (Lipinski definition) is 3. The van der Waals surface area contributed by atoms with Gasteiger partial charge in [-0.2, -0.15) is 0 Å². The Morgan fingerprint density at radius 3 is 2.33 bits per heavy atom. The molecule has 0 unspecified atom stereocenters. The Labute approximate surface area is 202 Å². The van der Waals surface area contributed by atoms with Crippen LogP contribution in [0.4, 0.5) is 0 Å². The highest BCUT2D eigenvalue weighted by Gasteiger charge is 2.78. The highest BCUT2D eigenvalue weighted by atomic mass is 16.6. The summed E-state index contributed by atoms with van der Waals surface area (Å²) in [6, 6.07) is 0. The third kappa shape index (κ3) is 3.57. The Morgan fingerprint density at radius 1 is 0.939 bits per heavy atom. The van der Waals surface area contributed by atoms with Crippen LogP contribution in [0.25, 0.3) is 0 Å². The Bertz CT molecular complexity index is 802. The lowest BCUT2D eigenvalue weighted by Crippen LogP contribution is -2.59. The number of rotatable bonds is 5. The summed E-state index contributed by atoms with van der Waals surface area (Å²) < 4.78 is 12.5. The van der Waals surface area contributed by atoms with Crippen LogP contribution in [0.1, 0.15) is 99.8 Å². The zero-order valence-corrected chi connectivity index (χ0v) is 22.2. The first-order chi connectivity index (χ1) is 15.5. The molecule has 4 saturated carbocycles. The molecule has 0 radical (unpaired) electrons. The quantitative estimate of drug-likeness (QED) is 0.249. The van der Waals surface area contributed by atoms with Crippen LogP contribution in [0.15, 0.2) is 12.2 Å². The first-order valence-electron chi connectivity index (χ1n) is 14.1. The SMILES string of the molecule is CC(=O)O[C@@H]1CC[C@@]2(C)[C@H](C1)C[C@H]1O[C@@]13[C@H]2CC[C@]1(C)[C@@H]([C@H](C)/C=C/[C@H](C)C(C)C)CC[C@@H]13. The number of fused-ring (bicyclic) bond motifs is 3. The van der Waals surface area contributed by atoms with Gasteiger partial charge in [0.1, 0.15) is 11.7 Å². The standard InChI is InChI=1S/C30H48O3/c1-18(2)19(3)8-9-20(4)24-10-11-25-29(24,7)15-13-26-28(6)14-12-23(32-21(5)31)16-22(28)17-27-30(25,26)33-27/h8-9,18-20,22-27H,10-17H2,1-7H3/b9-8+/t19-,20+,22+,23+,24+,25-,26-,27+,28-,29+,30-/m0/s1. The minimum atomic E-state index is -0.118. The average Bonchev–Trinajstić information content (AvgIpc) is 3.32. The second-order valence-electron chi connectivity index (χ2n) is 13.6. The molecule has 3 heteroatoms. The molecule has 5 fully saturated rings. The predicted molar refractivity (Wildman–Crippen MR) is 133 cm³/mol. The molecule has 11 atom stereocenters.